The van der Waals surface area contributed by atoms with E-state index in [2.05, 4.69) is 15.2 Å². The van der Waals surface area contributed by atoms with E-state index in [9.17, 15) is 9.59 Å². The van der Waals surface area contributed by atoms with E-state index in [0.29, 0.717) is 26.2 Å². The van der Waals surface area contributed by atoms with Crippen LogP contribution in [-0.4, -0.2) is 68.3 Å². The van der Waals surface area contributed by atoms with Crippen molar-refractivity contribution in [2.24, 2.45) is 0 Å². The molecular formula is C23H25N5O3S2. The van der Waals surface area contributed by atoms with E-state index >= 15 is 0 Å². The summed E-state index contributed by atoms with van der Waals surface area (Å²) in [5.74, 6) is -0.0110. The highest BCUT2D eigenvalue weighted by Gasteiger charge is 2.31. The molecule has 2 amide bonds. The van der Waals surface area contributed by atoms with Gasteiger partial charge in [0, 0.05) is 32.0 Å². The van der Waals surface area contributed by atoms with E-state index in [1.165, 1.54) is 23.1 Å². The van der Waals surface area contributed by atoms with Crippen LogP contribution in [0.4, 0.5) is 0 Å². The molecule has 172 valence electrons. The molecule has 0 spiro atoms. The number of carbonyl (C=O) groups excluding carboxylic acids is 2. The van der Waals surface area contributed by atoms with Crippen LogP contribution >= 0.6 is 23.1 Å². The van der Waals surface area contributed by atoms with Gasteiger partial charge in [-0.25, -0.2) is 0 Å². The van der Waals surface area contributed by atoms with E-state index in [1.807, 2.05) is 49.4 Å². The minimum absolute atomic E-state index is 0.0278. The van der Waals surface area contributed by atoms with Crippen LogP contribution in [0.1, 0.15) is 16.1 Å². The molecule has 33 heavy (non-hydrogen) atoms. The first-order valence-corrected chi connectivity index (χ1v) is 12.4. The van der Waals surface area contributed by atoms with Crippen LogP contribution in [0.3, 0.4) is 0 Å². The molecule has 0 N–H and O–H groups in total. The Morgan fingerprint density at radius 1 is 1.15 bits per heavy atom. The number of thioether (sulfide) groups is 1. The zero-order valence-electron chi connectivity index (χ0n) is 18.3. The zero-order chi connectivity index (χ0) is 23.0. The van der Waals surface area contributed by atoms with Crippen molar-refractivity contribution in [3.05, 3.63) is 71.0 Å². The predicted molar refractivity (Wildman–Crippen MR) is 127 cm³/mol. The van der Waals surface area contributed by atoms with Crippen molar-refractivity contribution in [3.8, 4) is 0 Å². The van der Waals surface area contributed by atoms with Gasteiger partial charge in [-0.1, -0.05) is 59.5 Å². The minimum Gasteiger partial charge on any atom is -0.370 e. The maximum absolute atomic E-state index is 13.1. The Bertz CT molecular complexity index is 1060. The average molecular weight is 484 g/mol. The Hall–Kier alpha value is -2.82. The smallest absolute Gasteiger partial charge is 0.242 e. The number of carbonyl (C=O) groups is 2. The molecule has 4 rings (SSSR count). The fraction of sp³-hybridized carbons (Fsp3) is 0.348. The van der Waals surface area contributed by atoms with Gasteiger partial charge >= 0.3 is 0 Å². The van der Waals surface area contributed by atoms with Crippen LogP contribution in [0.15, 0.2) is 59.2 Å². The normalized spacial score (nSPS) is 16.6. The average Bonchev–Trinajstić information content (AvgIpc) is 3.19. The highest BCUT2D eigenvalue weighted by molar-refractivity contribution is 8.01. The van der Waals surface area contributed by atoms with Gasteiger partial charge in [-0.15, -0.1) is 10.2 Å². The second-order valence-electron chi connectivity index (χ2n) is 7.70. The Labute approximate surface area is 201 Å². The monoisotopic (exact) mass is 483 g/mol. The molecule has 0 saturated carbocycles. The summed E-state index contributed by atoms with van der Waals surface area (Å²) in [5, 5.41) is 8.90. The van der Waals surface area contributed by atoms with Crippen LogP contribution in [0.25, 0.3) is 0 Å². The Kier molecular flexibility index (Phi) is 8.03. The van der Waals surface area contributed by atoms with Gasteiger partial charge < -0.3 is 14.5 Å². The molecule has 10 heteroatoms. The maximum Gasteiger partial charge on any atom is 0.242 e. The molecule has 3 aromatic rings. The van der Waals surface area contributed by atoms with Crippen molar-refractivity contribution < 1.29 is 14.3 Å². The lowest BCUT2D eigenvalue weighted by molar-refractivity contribution is -0.137. The lowest BCUT2D eigenvalue weighted by atomic mass is 10.2. The highest BCUT2D eigenvalue weighted by atomic mass is 32.2. The van der Waals surface area contributed by atoms with Crippen molar-refractivity contribution in [3.63, 3.8) is 0 Å². The van der Waals surface area contributed by atoms with Gasteiger partial charge in [-0.2, -0.15) is 0 Å². The number of pyridine rings is 1. The quantitative estimate of drug-likeness (QED) is 0.455. The van der Waals surface area contributed by atoms with Gasteiger partial charge in [-0.05, 0) is 24.1 Å². The molecule has 1 aliphatic heterocycles. The van der Waals surface area contributed by atoms with E-state index in [-0.39, 0.29) is 30.2 Å². The van der Waals surface area contributed by atoms with Gasteiger partial charge in [-0.3, -0.25) is 14.6 Å². The summed E-state index contributed by atoms with van der Waals surface area (Å²) in [6.45, 7) is 3.52. The van der Waals surface area contributed by atoms with Gasteiger partial charge in [0.2, 0.25) is 11.8 Å². The van der Waals surface area contributed by atoms with Crippen LogP contribution in [-0.2, 0) is 27.5 Å². The summed E-state index contributed by atoms with van der Waals surface area (Å²) in [6.07, 6.45) is 3.16. The zero-order valence-corrected chi connectivity index (χ0v) is 19.9. The van der Waals surface area contributed by atoms with Gasteiger partial charge in [0.1, 0.15) is 5.01 Å². The largest absolute Gasteiger partial charge is 0.370 e. The molecule has 0 aliphatic carbocycles. The van der Waals surface area contributed by atoms with Crippen molar-refractivity contribution in [2.75, 3.05) is 25.4 Å². The third kappa shape index (κ3) is 6.83. The molecule has 1 saturated heterocycles. The van der Waals surface area contributed by atoms with Crippen LogP contribution in [0.5, 0.6) is 0 Å². The number of aryl methyl sites for hydroxylation is 1. The molecule has 3 heterocycles. The third-order valence-corrected chi connectivity index (χ3v) is 7.09. The Balaban J connectivity index is 1.44. The number of benzene rings is 1. The lowest BCUT2D eigenvalue weighted by Gasteiger charge is -2.25. The number of amides is 2. The van der Waals surface area contributed by atoms with Gasteiger partial charge in [0.05, 0.1) is 25.0 Å². The summed E-state index contributed by atoms with van der Waals surface area (Å²) >= 11 is 2.80. The lowest BCUT2D eigenvalue weighted by Crippen LogP contribution is -2.40. The first kappa shape index (κ1) is 23.3. The third-order valence-electron chi connectivity index (χ3n) is 5.13. The number of nitrogens with zero attached hydrogens (tertiary/aromatic N) is 5. The topological polar surface area (TPSA) is 88.5 Å². The minimum atomic E-state index is -0.300. The van der Waals surface area contributed by atoms with E-state index in [0.717, 1.165) is 20.5 Å². The summed E-state index contributed by atoms with van der Waals surface area (Å²) in [6, 6.07) is 13.7. The second kappa shape index (κ2) is 11.4. The van der Waals surface area contributed by atoms with Gasteiger partial charge in [0.25, 0.3) is 0 Å². The summed E-state index contributed by atoms with van der Waals surface area (Å²) < 4.78 is 6.93. The molecule has 8 nitrogen and oxygen atoms in total. The number of hydrogen-bond donors (Lipinski definition) is 0. The SMILES string of the molecule is Cc1nnc(SCC(=O)N2CC(=O)N(Cc3cccnc3)C[C@@H](OCc3ccccc3)C2)s1. The summed E-state index contributed by atoms with van der Waals surface area (Å²) in [4.78, 5) is 33.5. The van der Waals surface area contributed by atoms with E-state index < -0.39 is 0 Å². The van der Waals surface area contributed by atoms with E-state index in [1.54, 1.807) is 22.2 Å². The fourth-order valence-electron chi connectivity index (χ4n) is 3.48. The Morgan fingerprint density at radius 3 is 2.70 bits per heavy atom. The van der Waals surface area contributed by atoms with Crippen molar-refractivity contribution in [2.45, 2.75) is 30.5 Å². The molecule has 1 aromatic carbocycles. The number of aromatic nitrogens is 3. The summed E-state index contributed by atoms with van der Waals surface area (Å²) in [5.41, 5.74) is 1.99. The predicted octanol–water partition coefficient (Wildman–Crippen LogP) is 2.79. The molecule has 0 unspecified atom stereocenters. The number of ether oxygens (including phenoxy) is 1. The fourth-order valence-corrected chi connectivity index (χ4v) is 5.20. The molecule has 1 atom stereocenters. The maximum atomic E-state index is 13.1. The first-order chi connectivity index (χ1) is 16.1. The second-order valence-corrected chi connectivity index (χ2v) is 10.1. The molecular weight excluding hydrogens is 458 g/mol. The van der Waals surface area contributed by atoms with Crippen molar-refractivity contribution in [1.82, 2.24) is 25.0 Å². The van der Waals surface area contributed by atoms with Crippen LogP contribution in [0.2, 0.25) is 0 Å². The highest BCUT2D eigenvalue weighted by Crippen LogP contribution is 2.23. The molecule has 1 aliphatic rings. The van der Waals surface area contributed by atoms with Crippen LogP contribution < -0.4 is 0 Å². The van der Waals surface area contributed by atoms with Crippen LogP contribution in [0, 0.1) is 6.92 Å². The standard InChI is InChI=1S/C23H25N5O3S2/c1-17-25-26-23(33-17)32-16-22(30)28-13-20(31-15-18-6-3-2-4-7-18)12-27(21(29)14-28)11-19-8-5-9-24-10-19/h2-10,20H,11-16H2,1H3/t20-/m1/s1. The molecule has 2 aromatic heterocycles. The van der Waals surface area contributed by atoms with E-state index in [4.69, 9.17) is 4.74 Å². The Morgan fingerprint density at radius 2 is 1.97 bits per heavy atom. The number of hydrogen-bond acceptors (Lipinski definition) is 8. The van der Waals surface area contributed by atoms with Gasteiger partial charge in [0.15, 0.2) is 4.34 Å². The molecule has 0 radical (unpaired) electrons. The van der Waals surface area contributed by atoms with Crippen molar-refractivity contribution >= 4 is 34.9 Å². The molecule has 1 fully saturated rings. The first-order valence-electron chi connectivity index (χ1n) is 10.6. The number of rotatable bonds is 8. The van der Waals surface area contributed by atoms with Crippen molar-refractivity contribution in [1.29, 1.82) is 0 Å². The molecule has 0 bridgehead atoms. The summed E-state index contributed by atoms with van der Waals surface area (Å²) in [7, 11) is 0.